The normalized spacial score (nSPS) is 7.57. The Kier molecular flexibility index (Phi) is 2.62. The molecule has 0 unspecified atom stereocenters. The van der Waals surface area contributed by atoms with Crippen molar-refractivity contribution in [3.05, 3.63) is 6.33 Å². The zero-order valence-corrected chi connectivity index (χ0v) is 4.72. The van der Waals surface area contributed by atoms with Crippen LogP contribution in [0.1, 0.15) is 0 Å². The SMILES string of the molecule is Cl.Cln1ncnn1. The molecule has 0 aliphatic rings. The summed E-state index contributed by atoms with van der Waals surface area (Å²) in [5.41, 5.74) is 0. The van der Waals surface area contributed by atoms with Crippen molar-refractivity contribution in [1.29, 1.82) is 0 Å². The van der Waals surface area contributed by atoms with Crippen molar-refractivity contribution in [2.75, 3.05) is 0 Å². The lowest BCUT2D eigenvalue weighted by Gasteiger charge is -1.66. The number of rotatable bonds is 0. The fourth-order valence-corrected chi connectivity index (χ4v) is 0.233. The molecule has 40 valence electrons. The van der Waals surface area contributed by atoms with Crippen molar-refractivity contribution in [2.24, 2.45) is 0 Å². The Morgan fingerprint density at radius 1 is 1.57 bits per heavy atom. The lowest BCUT2D eigenvalue weighted by Crippen LogP contribution is -1.82. The lowest BCUT2D eigenvalue weighted by atomic mass is 11.4. The summed E-state index contributed by atoms with van der Waals surface area (Å²) < 4.78 is 0.861. The van der Waals surface area contributed by atoms with E-state index in [0.717, 1.165) is 4.32 Å². The molecule has 1 heterocycles. The van der Waals surface area contributed by atoms with Crippen LogP contribution in [0.2, 0.25) is 0 Å². The summed E-state index contributed by atoms with van der Waals surface area (Å²) in [6.45, 7) is 0. The van der Waals surface area contributed by atoms with Gasteiger partial charge >= 0.3 is 0 Å². The molecule has 1 aromatic rings. The molecule has 1 rings (SSSR count). The number of hydrogen-bond acceptors (Lipinski definition) is 3. The third kappa shape index (κ3) is 1.70. The van der Waals surface area contributed by atoms with Crippen LogP contribution in [0.25, 0.3) is 0 Å². The molecule has 6 heteroatoms. The topological polar surface area (TPSA) is 43.6 Å². The van der Waals surface area contributed by atoms with E-state index in [9.17, 15) is 0 Å². The summed E-state index contributed by atoms with van der Waals surface area (Å²) in [4.78, 5) is 0. The number of tetrazole rings is 1. The quantitative estimate of drug-likeness (QED) is 0.514. The minimum absolute atomic E-state index is 0. The van der Waals surface area contributed by atoms with E-state index in [1.807, 2.05) is 0 Å². The average Bonchev–Trinajstić information content (AvgIpc) is 1.86. The second-order valence-electron chi connectivity index (χ2n) is 0.676. The van der Waals surface area contributed by atoms with Gasteiger partial charge in [-0.1, -0.05) is 4.32 Å². The van der Waals surface area contributed by atoms with E-state index in [1.165, 1.54) is 6.33 Å². The Balaban J connectivity index is 0.000000360. The number of aromatic nitrogens is 4. The van der Waals surface area contributed by atoms with Crippen molar-refractivity contribution in [2.45, 2.75) is 0 Å². The maximum absolute atomic E-state index is 5.09. The third-order valence-corrected chi connectivity index (χ3v) is 0.479. The molecule has 0 atom stereocenters. The van der Waals surface area contributed by atoms with Crippen LogP contribution in [0, 0.1) is 0 Å². The Morgan fingerprint density at radius 3 is 2.43 bits per heavy atom. The summed E-state index contributed by atoms with van der Waals surface area (Å²) in [6.07, 6.45) is 1.26. The first-order valence-electron chi connectivity index (χ1n) is 1.29. The minimum atomic E-state index is 0. The molecule has 0 saturated heterocycles. The predicted octanol–water partition coefficient (Wildman–Crippen LogP) is 0.0968. The Bertz CT molecular complexity index is 113. The highest BCUT2D eigenvalue weighted by Gasteiger charge is 1.75. The molecule has 0 aromatic carbocycles. The maximum Gasteiger partial charge on any atom is 0.163 e. The summed E-state index contributed by atoms with van der Waals surface area (Å²) in [7, 11) is 0. The molecule has 0 fully saturated rings. The maximum atomic E-state index is 5.09. The van der Waals surface area contributed by atoms with Gasteiger partial charge in [-0.05, 0) is 5.21 Å². The summed E-state index contributed by atoms with van der Waals surface area (Å²) in [5.74, 6) is 0. The predicted molar refractivity (Wildman–Crippen MR) is 26.3 cm³/mol. The fraction of sp³-hybridized carbons (Fsp3) is 0. The van der Waals surface area contributed by atoms with Gasteiger partial charge in [-0.25, -0.2) is 0 Å². The molecule has 7 heavy (non-hydrogen) atoms. The van der Waals surface area contributed by atoms with E-state index in [2.05, 4.69) is 15.4 Å². The van der Waals surface area contributed by atoms with Crippen molar-refractivity contribution in [3.8, 4) is 0 Å². The zero-order valence-electron chi connectivity index (χ0n) is 3.15. The molecule has 4 nitrogen and oxygen atoms in total. The van der Waals surface area contributed by atoms with Crippen LogP contribution in [0.5, 0.6) is 0 Å². The van der Waals surface area contributed by atoms with Gasteiger partial charge in [-0.2, -0.15) is 0 Å². The van der Waals surface area contributed by atoms with Crippen LogP contribution < -0.4 is 0 Å². The number of nitrogens with zero attached hydrogens (tertiary/aromatic N) is 4. The van der Waals surface area contributed by atoms with Gasteiger partial charge in [-0.3, -0.25) is 0 Å². The number of hydrogen-bond donors (Lipinski definition) is 0. The molecular weight excluding hydrogens is 139 g/mol. The van der Waals surface area contributed by atoms with Crippen molar-refractivity contribution in [3.63, 3.8) is 0 Å². The van der Waals surface area contributed by atoms with Crippen LogP contribution in [0.15, 0.2) is 6.33 Å². The zero-order chi connectivity index (χ0) is 4.41. The van der Waals surface area contributed by atoms with Gasteiger partial charge in [0.05, 0.1) is 11.8 Å². The molecular formula is CH2Cl2N4. The number of halogens is 2. The van der Waals surface area contributed by atoms with E-state index in [-0.39, 0.29) is 12.4 Å². The van der Waals surface area contributed by atoms with E-state index < -0.39 is 0 Å². The van der Waals surface area contributed by atoms with Crippen LogP contribution in [-0.4, -0.2) is 19.7 Å². The summed E-state index contributed by atoms with van der Waals surface area (Å²) >= 11 is 5.09. The molecule has 0 amide bonds. The Hall–Kier alpha value is -0.350. The monoisotopic (exact) mass is 140 g/mol. The highest BCUT2D eigenvalue weighted by molar-refractivity contribution is 6.13. The fourth-order valence-electron chi connectivity index (χ4n) is 0.155. The third-order valence-electron chi connectivity index (χ3n) is 0.324. The van der Waals surface area contributed by atoms with Gasteiger partial charge in [0, 0.05) is 0 Å². The van der Waals surface area contributed by atoms with E-state index in [4.69, 9.17) is 11.8 Å². The van der Waals surface area contributed by atoms with Crippen molar-refractivity contribution >= 4 is 24.2 Å². The van der Waals surface area contributed by atoms with Gasteiger partial charge < -0.3 is 0 Å². The molecule has 0 aliphatic heterocycles. The first-order chi connectivity index (χ1) is 2.89. The van der Waals surface area contributed by atoms with Gasteiger partial charge in [0.2, 0.25) is 0 Å². The second-order valence-corrected chi connectivity index (χ2v) is 0.979. The van der Waals surface area contributed by atoms with Crippen molar-refractivity contribution in [1.82, 2.24) is 19.7 Å². The largest absolute Gasteiger partial charge is 0.163 e. The average molecular weight is 141 g/mol. The molecule has 1 aromatic heterocycles. The van der Waals surface area contributed by atoms with Crippen molar-refractivity contribution < 1.29 is 0 Å². The molecule has 0 radical (unpaired) electrons. The van der Waals surface area contributed by atoms with Gasteiger partial charge in [0.15, 0.2) is 6.33 Å². The molecule has 0 saturated carbocycles. The molecule has 0 spiro atoms. The standard InChI is InChI=1S/CHClN4.ClH/c2-6-4-1-3-5-6;/h1H;1H. The molecule has 0 aliphatic carbocycles. The van der Waals surface area contributed by atoms with Gasteiger partial charge in [0.25, 0.3) is 0 Å². The summed E-state index contributed by atoms with van der Waals surface area (Å²) in [5, 5.41) is 9.91. The Labute approximate surface area is 51.0 Å². The van der Waals surface area contributed by atoms with E-state index >= 15 is 0 Å². The second kappa shape index (κ2) is 2.76. The van der Waals surface area contributed by atoms with E-state index in [1.54, 1.807) is 0 Å². The first kappa shape index (κ1) is 6.65. The highest BCUT2D eigenvalue weighted by Crippen LogP contribution is 1.70. The molecule has 0 bridgehead atoms. The highest BCUT2D eigenvalue weighted by atomic mass is 35.5. The van der Waals surface area contributed by atoms with Crippen LogP contribution in [-0.2, 0) is 0 Å². The Morgan fingerprint density at radius 2 is 2.29 bits per heavy atom. The summed E-state index contributed by atoms with van der Waals surface area (Å²) in [6, 6.07) is 0. The first-order valence-corrected chi connectivity index (χ1v) is 1.62. The smallest absolute Gasteiger partial charge is 0.147 e. The van der Waals surface area contributed by atoms with E-state index in [0.29, 0.717) is 0 Å². The lowest BCUT2D eigenvalue weighted by molar-refractivity contribution is 0.804. The van der Waals surface area contributed by atoms with Crippen LogP contribution in [0.4, 0.5) is 0 Å². The van der Waals surface area contributed by atoms with Gasteiger partial charge in [0.1, 0.15) is 0 Å². The van der Waals surface area contributed by atoms with Gasteiger partial charge in [-0.15, -0.1) is 22.6 Å². The molecule has 0 N–H and O–H groups in total. The minimum Gasteiger partial charge on any atom is -0.147 e. The van der Waals surface area contributed by atoms with Crippen LogP contribution >= 0.6 is 24.2 Å². The van der Waals surface area contributed by atoms with Crippen LogP contribution in [0.3, 0.4) is 0 Å².